The number of aryl methyl sites for hydroxylation is 1. The molecule has 0 unspecified atom stereocenters. The molecule has 3 rings (SSSR count). The van der Waals surface area contributed by atoms with Crippen LogP contribution in [0.1, 0.15) is 59.1 Å². The summed E-state index contributed by atoms with van der Waals surface area (Å²) in [7, 11) is 0. The van der Waals surface area contributed by atoms with Crippen molar-refractivity contribution in [2.24, 2.45) is 0 Å². The zero-order valence-electron chi connectivity index (χ0n) is 17.8. The van der Waals surface area contributed by atoms with Crippen LogP contribution in [0.3, 0.4) is 0 Å². The van der Waals surface area contributed by atoms with E-state index in [1.54, 1.807) is 50.4 Å². The summed E-state index contributed by atoms with van der Waals surface area (Å²) >= 11 is 1.31. The monoisotopic (exact) mass is 454 g/mol. The van der Waals surface area contributed by atoms with Crippen LogP contribution in [0.5, 0.6) is 0 Å². The lowest BCUT2D eigenvalue weighted by Gasteiger charge is -2.07. The third-order valence-corrected chi connectivity index (χ3v) is 5.50. The van der Waals surface area contributed by atoms with Crippen molar-refractivity contribution < 1.29 is 28.7 Å². The molecule has 0 aliphatic carbocycles. The summed E-state index contributed by atoms with van der Waals surface area (Å²) in [5.41, 5.74) is 2.06. The topological polar surface area (TPSA) is 115 Å². The maximum atomic E-state index is 12.6. The fraction of sp³-hybridized carbons (Fsp3) is 0.217. The van der Waals surface area contributed by atoms with Crippen molar-refractivity contribution in [2.75, 3.05) is 18.5 Å². The molecule has 2 heterocycles. The van der Waals surface area contributed by atoms with E-state index in [-0.39, 0.29) is 23.8 Å². The Morgan fingerprint density at radius 1 is 1.03 bits per heavy atom. The highest BCUT2D eigenvalue weighted by Gasteiger charge is 2.23. The van der Waals surface area contributed by atoms with Gasteiger partial charge in [0.1, 0.15) is 0 Å². The molecule has 3 aromatic rings. The highest BCUT2D eigenvalue weighted by atomic mass is 32.1. The molecule has 0 aliphatic rings. The number of aromatic nitrogens is 1. The van der Waals surface area contributed by atoms with Crippen LogP contribution in [-0.2, 0) is 9.47 Å². The Bertz CT molecular complexity index is 1160. The van der Waals surface area contributed by atoms with Gasteiger partial charge in [-0.25, -0.2) is 9.59 Å². The lowest BCUT2D eigenvalue weighted by molar-refractivity contribution is 0.0472. The van der Waals surface area contributed by atoms with Crippen molar-refractivity contribution in [3.63, 3.8) is 0 Å². The number of nitrogens with one attached hydrogen (secondary N) is 2. The molecule has 1 amide bonds. The average Bonchev–Trinajstić information content (AvgIpc) is 3.40. The van der Waals surface area contributed by atoms with Crippen LogP contribution in [0.4, 0.5) is 5.69 Å². The number of thiophene rings is 1. The third kappa shape index (κ3) is 5.12. The first-order chi connectivity index (χ1) is 15.3. The molecule has 0 bridgehead atoms. The largest absolute Gasteiger partial charge is 0.462 e. The van der Waals surface area contributed by atoms with E-state index in [4.69, 9.17) is 9.47 Å². The Hall–Kier alpha value is -3.72. The van der Waals surface area contributed by atoms with Crippen molar-refractivity contribution in [1.29, 1.82) is 0 Å². The van der Waals surface area contributed by atoms with Gasteiger partial charge in [0, 0.05) is 11.4 Å². The molecule has 32 heavy (non-hydrogen) atoms. The molecule has 0 atom stereocenters. The van der Waals surface area contributed by atoms with Gasteiger partial charge in [-0.3, -0.25) is 9.59 Å². The van der Waals surface area contributed by atoms with Gasteiger partial charge in [0.05, 0.1) is 28.3 Å². The van der Waals surface area contributed by atoms with Crippen molar-refractivity contribution in [3.8, 4) is 0 Å². The number of esters is 2. The smallest absolute Gasteiger partial charge is 0.340 e. The molecule has 0 spiro atoms. The summed E-state index contributed by atoms with van der Waals surface area (Å²) in [5.74, 6) is -1.99. The highest BCUT2D eigenvalue weighted by molar-refractivity contribution is 7.12. The van der Waals surface area contributed by atoms with Gasteiger partial charge in [-0.05, 0) is 56.0 Å². The number of ether oxygens (including phenoxy) is 2. The van der Waals surface area contributed by atoms with E-state index in [1.807, 2.05) is 0 Å². The molecule has 2 N–H and O–H groups in total. The third-order valence-electron chi connectivity index (χ3n) is 4.63. The molecule has 9 heteroatoms. The fourth-order valence-electron chi connectivity index (χ4n) is 3.15. The minimum Gasteiger partial charge on any atom is -0.462 e. The first-order valence-electron chi connectivity index (χ1n) is 9.83. The summed E-state index contributed by atoms with van der Waals surface area (Å²) in [6.45, 7) is 4.70. The van der Waals surface area contributed by atoms with Crippen LogP contribution in [0.2, 0.25) is 0 Å². The molecule has 166 valence electrons. The summed E-state index contributed by atoms with van der Waals surface area (Å²) < 4.78 is 10.2. The average molecular weight is 455 g/mol. The molecule has 1 aromatic carbocycles. The number of H-pyrrole nitrogens is 1. The molecular formula is C23H22N2O6S. The van der Waals surface area contributed by atoms with E-state index in [9.17, 15) is 19.2 Å². The molecule has 0 aliphatic heterocycles. The number of carbonyl (C=O) groups excluding carboxylic acids is 4. The van der Waals surface area contributed by atoms with Gasteiger partial charge in [0.2, 0.25) is 5.78 Å². The fourth-order valence-corrected chi connectivity index (χ4v) is 3.77. The van der Waals surface area contributed by atoms with Crippen LogP contribution >= 0.6 is 11.3 Å². The lowest BCUT2D eigenvalue weighted by Crippen LogP contribution is -2.16. The minimum atomic E-state index is -0.711. The highest BCUT2D eigenvalue weighted by Crippen LogP contribution is 2.20. The molecule has 0 saturated carbocycles. The maximum Gasteiger partial charge on any atom is 0.340 e. The molecule has 2 aromatic heterocycles. The van der Waals surface area contributed by atoms with Crippen molar-refractivity contribution in [2.45, 2.75) is 20.8 Å². The standard InChI is InChI=1S/C23H22N2O6S/c1-4-30-23(29)19-13(2)20(24-14(19)3)17(26)12-31-22(28)15-7-5-8-16(11-15)25-21(27)18-9-6-10-32-18/h5-11,24H,4,12H2,1-3H3,(H,25,27). The zero-order valence-corrected chi connectivity index (χ0v) is 18.6. The van der Waals surface area contributed by atoms with Crippen LogP contribution < -0.4 is 5.32 Å². The van der Waals surface area contributed by atoms with Crippen molar-refractivity contribution in [3.05, 3.63) is 74.7 Å². The Kier molecular flexibility index (Phi) is 7.21. The lowest BCUT2D eigenvalue weighted by atomic mass is 10.1. The van der Waals surface area contributed by atoms with Crippen LogP contribution in [-0.4, -0.2) is 41.8 Å². The quantitative estimate of drug-likeness (QED) is 0.390. The van der Waals surface area contributed by atoms with Crippen molar-refractivity contribution >= 4 is 40.7 Å². The summed E-state index contributed by atoms with van der Waals surface area (Å²) in [6.07, 6.45) is 0. The number of aromatic amines is 1. The number of carbonyl (C=O) groups is 4. The van der Waals surface area contributed by atoms with E-state index in [2.05, 4.69) is 10.3 Å². The Balaban J connectivity index is 1.65. The Morgan fingerprint density at radius 2 is 1.81 bits per heavy atom. The SMILES string of the molecule is CCOC(=O)c1c(C)[nH]c(C(=O)COC(=O)c2cccc(NC(=O)c3cccs3)c2)c1C. The zero-order chi connectivity index (χ0) is 23.3. The van der Waals surface area contributed by atoms with Gasteiger partial charge in [0.15, 0.2) is 6.61 Å². The molecule has 0 radical (unpaired) electrons. The first kappa shape index (κ1) is 23.0. The second-order valence-corrected chi connectivity index (χ2v) is 7.80. The first-order valence-corrected chi connectivity index (χ1v) is 10.7. The molecule has 8 nitrogen and oxygen atoms in total. The van der Waals surface area contributed by atoms with Crippen molar-refractivity contribution in [1.82, 2.24) is 4.98 Å². The van der Waals surface area contributed by atoms with E-state index < -0.39 is 24.3 Å². The molecule has 0 saturated heterocycles. The van der Waals surface area contributed by atoms with Crippen LogP contribution in [0, 0.1) is 13.8 Å². The number of Topliss-reactive ketones (excluding diaryl/α,β-unsaturated/α-hetero) is 1. The summed E-state index contributed by atoms with van der Waals surface area (Å²) in [6, 6.07) is 9.72. The predicted molar refractivity (Wildman–Crippen MR) is 120 cm³/mol. The van der Waals surface area contributed by atoms with E-state index >= 15 is 0 Å². The number of ketones is 1. The normalized spacial score (nSPS) is 10.5. The van der Waals surface area contributed by atoms with Gasteiger partial charge in [-0.15, -0.1) is 11.3 Å². The molecule has 0 fully saturated rings. The van der Waals surface area contributed by atoms with E-state index in [0.29, 0.717) is 27.4 Å². The van der Waals surface area contributed by atoms with Crippen LogP contribution in [0.25, 0.3) is 0 Å². The number of hydrogen-bond donors (Lipinski definition) is 2. The van der Waals surface area contributed by atoms with E-state index in [0.717, 1.165) is 0 Å². The van der Waals surface area contributed by atoms with Gasteiger partial charge in [-0.1, -0.05) is 12.1 Å². The van der Waals surface area contributed by atoms with Gasteiger partial charge in [-0.2, -0.15) is 0 Å². The maximum absolute atomic E-state index is 12.6. The second-order valence-electron chi connectivity index (χ2n) is 6.86. The number of anilines is 1. The minimum absolute atomic E-state index is 0.188. The summed E-state index contributed by atoms with van der Waals surface area (Å²) in [5, 5.41) is 4.51. The predicted octanol–water partition coefficient (Wildman–Crippen LogP) is 4.16. The molecular weight excluding hydrogens is 432 g/mol. The number of benzene rings is 1. The summed E-state index contributed by atoms with van der Waals surface area (Å²) in [4.78, 5) is 52.7. The number of hydrogen-bond acceptors (Lipinski definition) is 7. The second kappa shape index (κ2) is 10.1. The van der Waals surface area contributed by atoms with Gasteiger partial charge in [0.25, 0.3) is 5.91 Å². The number of amides is 1. The van der Waals surface area contributed by atoms with Gasteiger partial charge < -0.3 is 19.8 Å². The number of rotatable bonds is 8. The van der Waals surface area contributed by atoms with E-state index in [1.165, 1.54) is 23.5 Å². The van der Waals surface area contributed by atoms with Crippen LogP contribution in [0.15, 0.2) is 41.8 Å². The Morgan fingerprint density at radius 3 is 2.50 bits per heavy atom. The Labute approximate surface area is 188 Å². The van der Waals surface area contributed by atoms with Gasteiger partial charge >= 0.3 is 11.9 Å².